The summed E-state index contributed by atoms with van der Waals surface area (Å²) in [7, 11) is 0. The summed E-state index contributed by atoms with van der Waals surface area (Å²) in [5.74, 6) is 0.756. The van der Waals surface area contributed by atoms with Crippen molar-refractivity contribution in [3.63, 3.8) is 0 Å². The quantitative estimate of drug-likeness (QED) is 0.816. The fraction of sp³-hybridized carbons (Fsp3) is 0.231. The molecule has 1 heterocycles. The Hall–Kier alpha value is -1.68. The van der Waals surface area contributed by atoms with Crippen molar-refractivity contribution in [3.8, 4) is 0 Å². The molecule has 3 nitrogen and oxygen atoms in total. The molecule has 0 aliphatic rings. The van der Waals surface area contributed by atoms with Crippen LogP contribution in [0.5, 0.6) is 0 Å². The van der Waals surface area contributed by atoms with Gasteiger partial charge in [0.2, 0.25) is 0 Å². The zero-order valence-corrected chi connectivity index (χ0v) is 10.7. The number of rotatable bonds is 3. The summed E-state index contributed by atoms with van der Waals surface area (Å²) in [6.07, 6.45) is 0. The van der Waals surface area contributed by atoms with E-state index in [-0.39, 0.29) is 6.04 Å². The highest BCUT2D eigenvalue weighted by Gasteiger charge is 2.09. The van der Waals surface area contributed by atoms with Gasteiger partial charge in [0.1, 0.15) is 10.8 Å². The molecule has 0 saturated carbocycles. The minimum atomic E-state index is 0.289. The Bertz CT molecular complexity index is 564. The lowest BCUT2D eigenvalue weighted by Gasteiger charge is -2.14. The Balaban J connectivity index is 2.62. The first-order chi connectivity index (χ1) is 8.08. The fourth-order valence-corrected chi connectivity index (χ4v) is 1.84. The van der Waals surface area contributed by atoms with Crippen LogP contribution >= 0.6 is 12.2 Å². The van der Waals surface area contributed by atoms with E-state index < -0.39 is 0 Å². The first-order valence-electron chi connectivity index (χ1n) is 5.54. The predicted octanol–water partition coefficient (Wildman–Crippen LogP) is 2.69. The second-order valence-electron chi connectivity index (χ2n) is 4.24. The summed E-state index contributed by atoms with van der Waals surface area (Å²) in [5.41, 5.74) is 7.47. The number of hydrogen-bond donors (Lipinski definition) is 2. The van der Waals surface area contributed by atoms with Gasteiger partial charge < -0.3 is 11.1 Å². The molecule has 2 rings (SSSR count). The Morgan fingerprint density at radius 1 is 1.35 bits per heavy atom. The molecule has 2 aromatic rings. The van der Waals surface area contributed by atoms with Gasteiger partial charge in [0.05, 0.1) is 11.1 Å². The number of nitrogens with two attached hydrogens (primary N) is 1. The molecule has 0 radical (unpaired) electrons. The molecule has 0 saturated heterocycles. The van der Waals surface area contributed by atoms with E-state index in [4.69, 9.17) is 18.0 Å². The number of hydrogen-bond acceptors (Lipinski definition) is 3. The summed E-state index contributed by atoms with van der Waals surface area (Å²) in [4.78, 5) is 4.93. The minimum Gasteiger partial charge on any atom is -0.389 e. The molecule has 0 aliphatic heterocycles. The van der Waals surface area contributed by atoms with E-state index in [2.05, 4.69) is 24.1 Å². The van der Waals surface area contributed by atoms with Crippen LogP contribution in [0.4, 0.5) is 5.82 Å². The van der Waals surface area contributed by atoms with Crippen LogP contribution in [0.1, 0.15) is 19.4 Å². The van der Waals surface area contributed by atoms with Crippen LogP contribution in [0.2, 0.25) is 0 Å². The number of fused-ring (bicyclic) bond motifs is 1. The Labute approximate surface area is 106 Å². The van der Waals surface area contributed by atoms with Crippen LogP contribution in [0.15, 0.2) is 30.3 Å². The van der Waals surface area contributed by atoms with Gasteiger partial charge in [0, 0.05) is 11.4 Å². The molecule has 1 aromatic heterocycles. The fourth-order valence-electron chi connectivity index (χ4n) is 1.69. The van der Waals surface area contributed by atoms with Gasteiger partial charge in [-0.05, 0) is 26.0 Å². The van der Waals surface area contributed by atoms with Crippen molar-refractivity contribution in [2.75, 3.05) is 5.32 Å². The molecule has 0 bridgehead atoms. The molecule has 17 heavy (non-hydrogen) atoms. The lowest BCUT2D eigenvalue weighted by molar-refractivity contribution is 0.890. The molecule has 1 aromatic carbocycles. The molecule has 3 N–H and O–H groups in total. The number of pyridine rings is 1. The van der Waals surface area contributed by atoms with Crippen molar-refractivity contribution in [2.24, 2.45) is 5.73 Å². The molecule has 0 atom stereocenters. The summed E-state index contributed by atoms with van der Waals surface area (Å²) in [5, 5.41) is 4.31. The molecule has 0 aliphatic carbocycles. The third-order valence-electron chi connectivity index (χ3n) is 2.41. The lowest BCUT2D eigenvalue weighted by Crippen LogP contribution is -2.18. The van der Waals surface area contributed by atoms with Gasteiger partial charge in [0.25, 0.3) is 0 Å². The van der Waals surface area contributed by atoms with Crippen molar-refractivity contribution < 1.29 is 0 Å². The third-order valence-corrected chi connectivity index (χ3v) is 2.63. The van der Waals surface area contributed by atoms with Gasteiger partial charge in [-0.15, -0.1) is 0 Å². The van der Waals surface area contributed by atoms with Crippen molar-refractivity contribution in [3.05, 3.63) is 35.9 Å². The van der Waals surface area contributed by atoms with Crippen LogP contribution in [0, 0.1) is 0 Å². The second-order valence-corrected chi connectivity index (χ2v) is 4.68. The lowest BCUT2D eigenvalue weighted by atomic mass is 10.1. The van der Waals surface area contributed by atoms with Gasteiger partial charge in [0.15, 0.2) is 0 Å². The highest BCUT2D eigenvalue weighted by atomic mass is 32.1. The largest absolute Gasteiger partial charge is 0.389 e. The summed E-state index contributed by atoms with van der Waals surface area (Å²) < 4.78 is 0. The van der Waals surface area contributed by atoms with Gasteiger partial charge in [-0.1, -0.05) is 30.4 Å². The Morgan fingerprint density at radius 3 is 2.71 bits per heavy atom. The number of nitrogens with one attached hydrogen (secondary N) is 1. The van der Waals surface area contributed by atoms with E-state index in [9.17, 15) is 0 Å². The highest BCUT2D eigenvalue weighted by molar-refractivity contribution is 7.80. The standard InChI is InChI=1S/C13H15N3S/c1-8(2)15-13-10(12(14)17)7-9-5-3-4-6-11(9)16-13/h3-8H,1-2H3,(H2,14,17)(H,15,16). The third kappa shape index (κ3) is 2.53. The van der Waals surface area contributed by atoms with Crippen LogP contribution in [-0.4, -0.2) is 16.0 Å². The monoisotopic (exact) mass is 245 g/mol. The topological polar surface area (TPSA) is 50.9 Å². The van der Waals surface area contributed by atoms with Crippen molar-refractivity contribution >= 4 is 33.9 Å². The Morgan fingerprint density at radius 2 is 2.06 bits per heavy atom. The summed E-state index contributed by atoms with van der Waals surface area (Å²) in [6, 6.07) is 10.2. The van der Waals surface area contributed by atoms with Crippen LogP contribution in [-0.2, 0) is 0 Å². The SMILES string of the molecule is CC(C)Nc1nc2ccccc2cc1C(N)=S. The van der Waals surface area contributed by atoms with E-state index in [1.807, 2.05) is 30.3 Å². The maximum atomic E-state index is 5.73. The molecule has 0 fully saturated rings. The number of benzene rings is 1. The van der Waals surface area contributed by atoms with Gasteiger partial charge in [-0.25, -0.2) is 4.98 Å². The number of anilines is 1. The van der Waals surface area contributed by atoms with Gasteiger partial charge in [-0.3, -0.25) is 0 Å². The second kappa shape index (κ2) is 4.67. The first kappa shape index (κ1) is 11.8. The maximum Gasteiger partial charge on any atom is 0.137 e. The number of aromatic nitrogens is 1. The van der Waals surface area contributed by atoms with Crippen LogP contribution in [0.25, 0.3) is 10.9 Å². The minimum absolute atomic E-state index is 0.289. The normalized spacial score (nSPS) is 10.8. The van der Waals surface area contributed by atoms with Crippen LogP contribution < -0.4 is 11.1 Å². The number of thiocarbonyl (C=S) groups is 1. The zero-order chi connectivity index (χ0) is 12.4. The number of para-hydroxylation sites is 1. The predicted molar refractivity (Wildman–Crippen MR) is 76.4 cm³/mol. The zero-order valence-electron chi connectivity index (χ0n) is 9.90. The maximum absolute atomic E-state index is 5.73. The molecular formula is C13H15N3S. The molecular weight excluding hydrogens is 230 g/mol. The number of nitrogens with zero attached hydrogens (tertiary/aromatic N) is 1. The molecule has 4 heteroatoms. The van der Waals surface area contributed by atoms with Crippen molar-refractivity contribution in [1.82, 2.24) is 4.98 Å². The molecule has 88 valence electrons. The smallest absolute Gasteiger partial charge is 0.137 e. The highest BCUT2D eigenvalue weighted by Crippen LogP contribution is 2.20. The van der Waals surface area contributed by atoms with E-state index in [1.54, 1.807) is 0 Å². The van der Waals surface area contributed by atoms with Gasteiger partial charge >= 0.3 is 0 Å². The van der Waals surface area contributed by atoms with Crippen molar-refractivity contribution in [2.45, 2.75) is 19.9 Å². The van der Waals surface area contributed by atoms with E-state index in [0.717, 1.165) is 22.3 Å². The van der Waals surface area contributed by atoms with Gasteiger partial charge in [-0.2, -0.15) is 0 Å². The van der Waals surface area contributed by atoms with E-state index in [0.29, 0.717) is 4.99 Å². The van der Waals surface area contributed by atoms with E-state index >= 15 is 0 Å². The first-order valence-corrected chi connectivity index (χ1v) is 5.95. The average Bonchev–Trinajstić information content (AvgIpc) is 2.27. The molecule has 0 amide bonds. The molecule has 0 spiro atoms. The Kier molecular flexibility index (Phi) is 3.24. The van der Waals surface area contributed by atoms with Crippen molar-refractivity contribution in [1.29, 1.82) is 0 Å². The van der Waals surface area contributed by atoms with E-state index in [1.165, 1.54) is 0 Å². The average molecular weight is 245 g/mol. The summed E-state index contributed by atoms with van der Waals surface area (Å²) in [6.45, 7) is 4.11. The van der Waals surface area contributed by atoms with Crippen LogP contribution in [0.3, 0.4) is 0 Å². The summed E-state index contributed by atoms with van der Waals surface area (Å²) >= 11 is 5.06. The molecule has 0 unspecified atom stereocenters.